The maximum Gasteiger partial charge on any atom is 0.322 e. The molecule has 3 aliphatic rings. The van der Waals surface area contributed by atoms with E-state index in [4.69, 9.17) is 14.3 Å². The lowest BCUT2D eigenvalue weighted by molar-refractivity contribution is -0.126. The lowest BCUT2D eigenvalue weighted by Crippen LogP contribution is -2.48. The van der Waals surface area contributed by atoms with Gasteiger partial charge in [-0.15, -0.1) is 0 Å². The van der Waals surface area contributed by atoms with E-state index in [1.54, 1.807) is 36.4 Å². The number of amides is 4. The van der Waals surface area contributed by atoms with Gasteiger partial charge in [0.05, 0.1) is 12.0 Å². The summed E-state index contributed by atoms with van der Waals surface area (Å²) in [7, 11) is 0. The van der Waals surface area contributed by atoms with Crippen LogP contribution in [-0.4, -0.2) is 24.1 Å². The number of Topliss-reactive ketones (excluding diaryl/α,β-unsaturated/α-hetero) is 1. The van der Waals surface area contributed by atoms with E-state index in [2.05, 4.69) is 48.2 Å². The summed E-state index contributed by atoms with van der Waals surface area (Å²) >= 11 is 6.61. The van der Waals surface area contributed by atoms with E-state index in [1.165, 1.54) is 24.3 Å². The van der Waals surface area contributed by atoms with Crippen LogP contribution >= 0.6 is 31.9 Å². The summed E-state index contributed by atoms with van der Waals surface area (Å²) in [6.07, 6.45) is -1.56. The number of benzene rings is 4. The third-order valence-corrected chi connectivity index (χ3v) is 8.63. The van der Waals surface area contributed by atoms with Crippen molar-refractivity contribution in [1.82, 2.24) is 10.6 Å². The molecular formula is C33H23Br2F4N3O6. The van der Waals surface area contributed by atoms with Crippen molar-refractivity contribution in [2.45, 2.75) is 30.6 Å². The number of imide groups is 1. The van der Waals surface area contributed by atoms with Crippen LogP contribution in [0.2, 0.25) is 0 Å². The maximum atomic E-state index is 14.2. The zero-order valence-electron chi connectivity index (χ0n) is 24.4. The molecule has 4 amide bonds. The number of carbonyl (C=O) groups is 4. The van der Waals surface area contributed by atoms with Gasteiger partial charge in [0.2, 0.25) is 6.41 Å². The Morgan fingerprint density at radius 2 is 1.33 bits per heavy atom. The second kappa shape index (κ2) is 14.2. The summed E-state index contributed by atoms with van der Waals surface area (Å²) in [5, 5.41) is 4.83. The first-order valence-corrected chi connectivity index (χ1v) is 15.6. The Morgan fingerprint density at radius 1 is 0.792 bits per heavy atom. The molecular weight excluding hydrogens is 770 g/mol. The highest BCUT2D eigenvalue weighted by Crippen LogP contribution is 2.47. The number of ketones is 1. The molecule has 0 bridgehead atoms. The summed E-state index contributed by atoms with van der Waals surface area (Å²) in [6, 6.07) is 17.0. The van der Waals surface area contributed by atoms with Gasteiger partial charge < -0.3 is 20.5 Å². The number of primary amides is 1. The molecule has 1 fully saturated rings. The van der Waals surface area contributed by atoms with Crippen molar-refractivity contribution in [3.63, 3.8) is 0 Å². The fraction of sp³-hybridized carbons (Fsp3) is 0.152. The molecule has 3 unspecified atom stereocenters. The Morgan fingerprint density at radius 3 is 1.92 bits per heavy atom. The molecule has 0 radical (unpaired) electrons. The van der Waals surface area contributed by atoms with Crippen molar-refractivity contribution >= 4 is 56.0 Å². The molecule has 4 N–H and O–H groups in total. The highest BCUT2D eigenvalue weighted by molar-refractivity contribution is 9.10. The lowest BCUT2D eigenvalue weighted by Gasteiger charge is -2.38. The van der Waals surface area contributed by atoms with Gasteiger partial charge in [0.15, 0.2) is 34.6 Å². The Bertz CT molecular complexity index is 1950. The van der Waals surface area contributed by atoms with E-state index >= 15 is 0 Å². The smallest absolute Gasteiger partial charge is 0.322 e. The van der Waals surface area contributed by atoms with E-state index in [-0.39, 0.29) is 36.2 Å². The van der Waals surface area contributed by atoms with E-state index in [9.17, 15) is 31.9 Å². The van der Waals surface area contributed by atoms with Crippen LogP contribution in [0, 0.1) is 23.3 Å². The van der Waals surface area contributed by atoms with Gasteiger partial charge in [-0.2, -0.15) is 0 Å². The molecule has 3 heterocycles. The lowest BCUT2D eigenvalue weighted by atomic mass is 9.80. The average molecular weight is 793 g/mol. The third-order valence-electron chi connectivity index (χ3n) is 7.64. The highest BCUT2D eigenvalue weighted by Gasteiger charge is 2.54. The minimum atomic E-state index is -1.40. The first-order valence-electron chi connectivity index (χ1n) is 14.0. The maximum absolute atomic E-state index is 14.2. The number of nitrogens with one attached hydrogen (secondary N) is 2. The molecule has 48 heavy (non-hydrogen) atoms. The van der Waals surface area contributed by atoms with Crippen LogP contribution in [0.4, 0.5) is 22.4 Å². The second-order valence-corrected chi connectivity index (χ2v) is 12.4. The molecule has 3 atom stereocenters. The Balaban J connectivity index is 0.000000177. The number of urea groups is 1. The number of ether oxygens (including phenoxy) is 2. The first kappa shape index (κ1) is 34.6. The molecule has 7 rings (SSSR count). The number of carbonyl (C=O) groups excluding carboxylic acids is 4. The number of nitrogens with two attached hydrogens (primary N) is 1. The second-order valence-electron chi connectivity index (χ2n) is 10.6. The van der Waals surface area contributed by atoms with Gasteiger partial charge in [0.25, 0.3) is 5.91 Å². The van der Waals surface area contributed by atoms with Gasteiger partial charge >= 0.3 is 6.03 Å². The van der Waals surface area contributed by atoms with Crippen molar-refractivity contribution in [3.8, 4) is 11.5 Å². The SMILES string of the molecule is NC=O.O=C1CC(c2cccc(F)c2F)Oc2ccc(Br)cc21.O=C1NC(=O)C2(CC(c3cccc(F)c3F)Oc3ccc(Br)cc32)N1. The van der Waals surface area contributed by atoms with E-state index < -0.39 is 53.0 Å². The van der Waals surface area contributed by atoms with E-state index in [0.29, 0.717) is 27.1 Å². The predicted octanol–water partition coefficient (Wildman–Crippen LogP) is 6.82. The predicted molar refractivity (Wildman–Crippen MR) is 170 cm³/mol. The van der Waals surface area contributed by atoms with Crippen LogP contribution < -0.4 is 25.8 Å². The molecule has 0 aliphatic carbocycles. The van der Waals surface area contributed by atoms with Crippen LogP contribution in [0.15, 0.2) is 81.7 Å². The molecule has 15 heteroatoms. The molecule has 248 valence electrons. The van der Waals surface area contributed by atoms with Crippen molar-refractivity contribution in [1.29, 1.82) is 0 Å². The Kier molecular flexibility index (Phi) is 10.2. The molecule has 0 aromatic heterocycles. The van der Waals surface area contributed by atoms with Crippen LogP contribution in [0.1, 0.15) is 52.1 Å². The van der Waals surface area contributed by atoms with Gasteiger partial charge in [0, 0.05) is 32.1 Å². The molecule has 0 saturated carbocycles. The van der Waals surface area contributed by atoms with Crippen LogP contribution in [0.3, 0.4) is 0 Å². The van der Waals surface area contributed by atoms with E-state index in [1.807, 2.05) is 0 Å². The summed E-state index contributed by atoms with van der Waals surface area (Å²) in [6.45, 7) is 0. The largest absolute Gasteiger partial charge is 0.485 e. The van der Waals surface area contributed by atoms with Crippen molar-refractivity contribution in [2.75, 3.05) is 0 Å². The van der Waals surface area contributed by atoms with Crippen LogP contribution in [0.5, 0.6) is 11.5 Å². The average Bonchev–Trinajstić information content (AvgIpc) is 3.33. The van der Waals surface area contributed by atoms with E-state index in [0.717, 1.165) is 16.6 Å². The minimum Gasteiger partial charge on any atom is -0.485 e. The van der Waals surface area contributed by atoms with Crippen LogP contribution in [-0.2, 0) is 15.1 Å². The van der Waals surface area contributed by atoms with Crippen molar-refractivity contribution < 1.29 is 46.2 Å². The number of hydrogen-bond donors (Lipinski definition) is 3. The Labute approximate surface area is 287 Å². The van der Waals surface area contributed by atoms with Crippen molar-refractivity contribution in [2.24, 2.45) is 5.73 Å². The van der Waals surface area contributed by atoms with Gasteiger partial charge in [-0.05, 0) is 48.5 Å². The summed E-state index contributed by atoms with van der Waals surface area (Å²) in [5.74, 6) is -3.95. The van der Waals surface area contributed by atoms with Gasteiger partial charge in [-0.3, -0.25) is 19.7 Å². The molecule has 4 aromatic rings. The zero-order valence-corrected chi connectivity index (χ0v) is 27.5. The van der Waals surface area contributed by atoms with Crippen molar-refractivity contribution in [3.05, 3.63) is 127 Å². The molecule has 1 saturated heterocycles. The summed E-state index contributed by atoms with van der Waals surface area (Å²) in [5.41, 5.74) is 3.72. The number of rotatable bonds is 2. The summed E-state index contributed by atoms with van der Waals surface area (Å²) in [4.78, 5) is 45.0. The monoisotopic (exact) mass is 791 g/mol. The fourth-order valence-corrected chi connectivity index (χ4v) is 6.25. The fourth-order valence-electron chi connectivity index (χ4n) is 5.53. The van der Waals surface area contributed by atoms with Crippen LogP contribution in [0.25, 0.3) is 0 Å². The quantitative estimate of drug-likeness (QED) is 0.116. The number of halogens is 6. The normalized spacial score (nSPS) is 20.3. The van der Waals surface area contributed by atoms with Gasteiger partial charge in [-0.1, -0.05) is 56.1 Å². The Hall–Kier alpha value is -4.76. The molecule has 1 spiro atoms. The first-order chi connectivity index (χ1) is 22.9. The molecule has 9 nitrogen and oxygen atoms in total. The number of fused-ring (bicyclic) bond motifs is 3. The topological polar surface area (TPSA) is 137 Å². The molecule has 3 aliphatic heterocycles. The number of hydrogen-bond acceptors (Lipinski definition) is 6. The van der Waals surface area contributed by atoms with Gasteiger partial charge in [-0.25, -0.2) is 22.4 Å². The standard InChI is InChI=1S/C17H11BrF2N2O3.C15H9BrF2O2.CH3NO/c18-8-4-5-12-10(6-8)17(15(23)21-16(24)22-17)7-13(25-12)9-2-1-3-11(19)14(9)20;16-8-4-5-13-10(6-8)12(19)7-14(20-13)9-2-1-3-11(17)15(9)18;2-1-3/h1-6,13H,7H2,(H2,21,22,23,24);1-6,14H,7H2;1H,(H2,2,3). The minimum absolute atomic E-state index is 0.0101. The highest BCUT2D eigenvalue weighted by atomic mass is 79.9. The van der Waals surface area contributed by atoms with Gasteiger partial charge in [0.1, 0.15) is 23.7 Å². The third kappa shape index (κ3) is 6.78. The zero-order chi connectivity index (χ0) is 34.7. The molecule has 4 aromatic carbocycles. The summed E-state index contributed by atoms with van der Waals surface area (Å²) < 4.78 is 67.8.